The number of hydrogen-bond donors (Lipinski definition) is 1. The van der Waals surface area contributed by atoms with Gasteiger partial charge in [0.05, 0.1) is 5.41 Å². The van der Waals surface area contributed by atoms with Crippen LogP contribution in [0.5, 0.6) is 0 Å². The van der Waals surface area contributed by atoms with Crippen molar-refractivity contribution in [3.05, 3.63) is 65.5 Å². The second-order valence-electron chi connectivity index (χ2n) is 4.96. The molecule has 1 nitrogen and oxygen atoms in total. The second kappa shape index (κ2) is 4.23. The molecule has 1 aliphatic carbocycles. The van der Waals surface area contributed by atoms with Crippen molar-refractivity contribution in [1.29, 1.82) is 0 Å². The predicted molar refractivity (Wildman–Crippen MR) is 75.0 cm³/mol. The summed E-state index contributed by atoms with van der Waals surface area (Å²) in [5.74, 6) is 6.66. The lowest BCUT2D eigenvalue weighted by Crippen LogP contribution is -2.17. The van der Waals surface area contributed by atoms with Crippen LogP contribution in [0.4, 0.5) is 0 Å². The first-order valence-corrected chi connectivity index (χ1v) is 6.19. The Kier molecular flexibility index (Phi) is 2.57. The van der Waals surface area contributed by atoms with Crippen LogP contribution in [0, 0.1) is 17.3 Å². The first-order valence-electron chi connectivity index (χ1n) is 6.19. The molecule has 2 aromatic rings. The van der Waals surface area contributed by atoms with Crippen molar-refractivity contribution in [1.82, 2.24) is 4.98 Å². The van der Waals surface area contributed by atoms with Crippen LogP contribution >= 0.6 is 0 Å². The number of fused-ring (bicyclic) bond motifs is 1. The van der Waals surface area contributed by atoms with Crippen LogP contribution in [-0.2, 0) is 6.42 Å². The minimum atomic E-state index is -0.0644. The molecule has 1 N–H and O–H groups in total. The van der Waals surface area contributed by atoms with Crippen molar-refractivity contribution >= 4 is 6.08 Å². The molecule has 1 unspecified atom stereocenters. The van der Waals surface area contributed by atoms with Crippen molar-refractivity contribution in [2.45, 2.75) is 13.3 Å². The van der Waals surface area contributed by atoms with Gasteiger partial charge in [-0.2, -0.15) is 0 Å². The van der Waals surface area contributed by atoms with E-state index in [0.717, 1.165) is 12.0 Å². The number of benzene rings is 1. The number of allylic oxidation sites excluding steroid dienone is 1. The maximum atomic E-state index is 3.39. The lowest BCUT2D eigenvalue weighted by atomic mass is 9.80. The summed E-state index contributed by atoms with van der Waals surface area (Å²) in [4.78, 5) is 3.23. The highest BCUT2D eigenvalue weighted by Crippen LogP contribution is 2.31. The first-order chi connectivity index (χ1) is 8.75. The Labute approximate surface area is 108 Å². The summed E-state index contributed by atoms with van der Waals surface area (Å²) in [5.41, 5.74) is 3.58. The van der Waals surface area contributed by atoms with Gasteiger partial charge < -0.3 is 4.98 Å². The fraction of sp³-hybridized carbons (Fsp3) is 0.176. The number of rotatable bonds is 0. The molecule has 3 rings (SSSR count). The molecule has 1 aromatic heterocycles. The number of nitrogens with one attached hydrogen (secondary N) is 1. The van der Waals surface area contributed by atoms with Gasteiger partial charge in [-0.3, -0.25) is 0 Å². The van der Waals surface area contributed by atoms with Crippen LogP contribution in [0.1, 0.15) is 23.7 Å². The molecule has 0 amide bonds. The van der Waals surface area contributed by atoms with Gasteiger partial charge in [0.2, 0.25) is 0 Å². The van der Waals surface area contributed by atoms with Gasteiger partial charge in [-0.15, -0.1) is 0 Å². The molecule has 1 aliphatic rings. The number of H-pyrrole nitrogens is 1. The van der Waals surface area contributed by atoms with Crippen LogP contribution in [0.15, 0.2) is 48.7 Å². The maximum absolute atomic E-state index is 3.39. The monoisotopic (exact) mass is 233 g/mol. The second-order valence-corrected chi connectivity index (χ2v) is 4.96. The molecule has 18 heavy (non-hydrogen) atoms. The van der Waals surface area contributed by atoms with Gasteiger partial charge >= 0.3 is 0 Å². The Bertz CT molecular complexity index is 637. The Hall–Kier alpha value is -2.20. The largest absolute Gasteiger partial charge is 0.361 e. The Balaban J connectivity index is 1.88. The average Bonchev–Trinajstić information content (AvgIpc) is 2.85. The van der Waals surface area contributed by atoms with Crippen molar-refractivity contribution < 1.29 is 0 Å². The summed E-state index contributed by atoms with van der Waals surface area (Å²) >= 11 is 0. The van der Waals surface area contributed by atoms with E-state index in [-0.39, 0.29) is 5.41 Å². The number of aromatic amines is 1. The standard InChI is InChI=1S/C17H15N/c1-17(10-7-14-5-3-2-4-6-14)11-8-16-15(13-17)9-12-18-16/h2-6,8-9,11-12,18H,13H2,1H3. The quantitative estimate of drug-likeness (QED) is 0.669. The molecule has 1 aromatic carbocycles. The normalized spacial score (nSPS) is 20.9. The van der Waals surface area contributed by atoms with E-state index in [4.69, 9.17) is 0 Å². The van der Waals surface area contributed by atoms with Gasteiger partial charge in [0.25, 0.3) is 0 Å². The van der Waals surface area contributed by atoms with Gasteiger partial charge in [0.15, 0.2) is 0 Å². The highest BCUT2D eigenvalue weighted by molar-refractivity contribution is 5.56. The Morgan fingerprint density at radius 1 is 1.17 bits per heavy atom. The molecular formula is C17H15N. The zero-order chi connectivity index (χ0) is 12.4. The fourth-order valence-corrected chi connectivity index (χ4v) is 2.27. The summed E-state index contributed by atoms with van der Waals surface area (Å²) in [5, 5.41) is 0. The van der Waals surface area contributed by atoms with E-state index >= 15 is 0 Å². The SMILES string of the molecule is CC1(C#Cc2ccccc2)C=Cc2[nH]ccc2C1. The van der Waals surface area contributed by atoms with Gasteiger partial charge in [-0.25, -0.2) is 0 Å². The highest BCUT2D eigenvalue weighted by Gasteiger charge is 2.23. The van der Waals surface area contributed by atoms with Crippen LogP contribution in [0.3, 0.4) is 0 Å². The van der Waals surface area contributed by atoms with E-state index in [1.807, 2.05) is 36.5 Å². The van der Waals surface area contributed by atoms with E-state index < -0.39 is 0 Å². The van der Waals surface area contributed by atoms with E-state index in [2.05, 4.69) is 42.0 Å². The van der Waals surface area contributed by atoms with Crippen LogP contribution in [0.2, 0.25) is 0 Å². The molecular weight excluding hydrogens is 218 g/mol. The van der Waals surface area contributed by atoms with Crippen LogP contribution in [0.25, 0.3) is 6.08 Å². The number of aromatic nitrogens is 1. The molecule has 0 spiro atoms. The average molecular weight is 233 g/mol. The minimum absolute atomic E-state index is 0.0644. The van der Waals surface area contributed by atoms with Gasteiger partial charge in [0.1, 0.15) is 0 Å². The summed E-state index contributed by atoms with van der Waals surface area (Å²) in [7, 11) is 0. The summed E-state index contributed by atoms with van der Waals surface area (Å²) in [6, 6.07) is 12.3. The first kappa shape index (κ1) is 10.9. The third-order valence-corrected chi connectivity index (χ3v) is 3.31. The molecule has 0 saturated heterocycles. The van der Waals surface area contributed by atoms with Crippen molar-refractivity contribution in [2.75, 3.05) is 0 Å². The van der Waals surface area contributed by atoms with E-state index in [0.29, 0.717) is 0 Å². The lowest BCUT2D eigenvalue weighted by molar-refractivity contribution is 0.569. The Morgan fingerprint density at radius 3 is 2.83 bits per heavy atom. The Morgan fingerprint density at radius 2 is 2.00 bits per heavy atom. The topological polar surface area (TPSA) is 15.8 Å². The zero-order valence-electron chi connectivity index (χ0n) is 10.4. The highest BCUT2D eigenvalue weighted by atomic mass is 14.7. The molecule has 1 atom stereocenters. The fourth-order valence-electron chi connectivity index (χ4n) is 2.27. The molecule has 0 aliphatic heterocycles. The van der Waals surface area contributed by atoms with Gasteiger partial charge in [-0.1, -0.05) is 36.1 Å². The van der Waals surface area contributed by atoms with E-state index in [1.54, 1.807) is 0 Å². The van der Waals surface area contributed by atoms with Crippen molar-refractivity contribution in [3.63, 3.8) is 0 Å². The summed E-state index contributed by atoms with van der Waals surface area (Å²) < 4.78 is 0. The summed E-state index contributed by atoms with van der Waals surface area (Å²) in [6.45, 7) is 2.19. The molecule has 0 radical (unpaired) electrons. The zero-order valence-corrected chi connectivity index (χ0v) is 10.4. The maximum Gasteiger partial charge on any atom is 0.0514 e. The van der Waals surface area contributed by atoms with Crippen molar-refractivity contribution in [3.8, 4) is 11.8 Å². The minimum Gasteiger partial charge on any atom is -0.361 e. The number of hydrogen-bond acceptors (Lipinski definition) is 0. The molecule has 0 fully saturated rings. The van der Waals surface area contributed by atoms with E-state index in [1.165, 1.54) is 11.3 Å². The third-order valence-electron chi connectivity index (χ3n) is 3.31. The third kappa shape index (κ3) is 2.10. The van der Waals surface area contributed by atoms with Gasteiger partial charge in [-0.05, 0) is 43.2 Å². The summed E-state index contributed by atoms with van der Waals surface area (Å²) in [6.07, 6.45) is 7.30. The molecule has 1 heteroatoms. The molecule has 0 bridgehead atoms. The predicted octanol–water partition coefficient (Wildman–Crippen LogP) is 3.64. The van der Waals surface area contributed by atoms with E-state index in [9.17, 15) is 0 Å². The molecule has 1 heterocycles. The molecule has 88 valence electrons. The van der Waals surface area contributed by atoms with Crippen molar-refractivity contribution in [2.24, 2.45) is 5.41 Å². The lowest BCUT2D eigenvalue weighted by Gasteiger charge is -2.22. The molecule has 0 saturated carbocycles. The van der Waals surface area contributed by atoms with Gasteiger partial charge in [0, 0.05) is 17.5 Å². The van der Waals surface area contributed by atoms with Crippen LogP contribution in [-0.4, -0.2) is 4.98 Å². The van der Waals surface area contributed by atoms with Crippen LogP contribution < -0.4 is 0 Å². The smallest absolute Gasteiger partial charge is 0.0514 e.